The standard InChI is InChI=1S/C11H20N2O/c1-4-13-8-10(7-12-13)6-11(14)5-9(2)3/h7-9,11,14H,4-6H2,1-3H3. The molecule has 1 atom stereocenters. The van der Waals surface area contributed by atoms with Crippen molar-refractivity contribution in [1.82, 2.24) is 9.78 Å². The van der Waals surface area contributed by atoms with Gasteiger partial charge < -0.3 is 5.11 Å². The molecule has 0 amide bonds. The van der Waals surface area contributed by atoms with E-state index in [2.05, 4.69) is 25.9 Å². The van der Waals surface area contributed by atoms with Gasteiger partial charge in [-0.3, -0.25) is 4.68 Å². The summed E-state index contributed by atoms with van der Waals surface area (Å²) in [4.78, 5) is 0. The molecule has 0 radical (unpaired) electrons. The lowest BCUT2D eigenvalue weighted by Crippen LogP contribution is -2.12. The van der Waals surface area contributed by atoms with Crippen molar-refractivity contribution in [2.75, 3.05) is 0 Å². The minimum absolute atomic E-state index is 0.232. The minimum Gasteiger partial charge on any atom is -0.393 e. The van der Waals surface area contributed by atoms with E-state index in [9.17, 15) is 5.11 Å². The van der Waals surface area contributed by atoms with Crippen molar-refractivity contribution in [3.8, 4) is 0 Å². The van der Waals surface area contributed by atoms with Crippen molar-refractivity contribution in [3.63, 3.8) is 0 Å². The van der Waals surface area contributed by atoms with E-state index < -0.39 is 0 Å². The highest BCUT2D eigenvalue weighted by Crippen LogP contribution is 2.10. The number of nitrogens with zero attached hydrogens (tertiary/aromatic N) is 2. The van der Waals surface area contributed by atoms with Crippen LogP contribution in [-0.2, 0) is 13.0 Å². The zero-order valence-electron chi connectivity index (χ0n) is 9.27. The highest BCUT2D eigenvalue weighted by Gasteiger charge is 2.09. The largest absolute Gasteiger partial charge is 0.393 e. The molecule has 1 unspecified atom stereocenters. The van der Waals surface area contributed by atoms with E-state index in [-0.39, 0.29) is 6.10 Å². The molecule has 0 fully saturated rings. The smallest absolute Gasteiger partial charge is 0.0584 e. The van der Waals surface area contributed by atoms with Crippen LogP contribution in [0.5, 0.6) is 0 Å². The van der Waals surface area contributed by atoms with Gasteiger partial charge in [0.1, 0.15) is 0 Å². The normalized spacial score (nSPS) is 13.5. The molecule has 0 aliphatic rings. The first-order valence-electron chi connectivity index (χ1n) is 5.31. The van der Waals surface area contributed by atoms with Gasteiger partial charge in [0, 0.05) is 19.2 Å². The molecular weight excluding hydrogens is 176 g/mol. The molecule has 0 aromatic carbocycles. The summed E-state index contributed by atoms with van der Waals surface area (Å²) in [6.45, 7) is 7.19. The Bertz CT molecular complexity index is 268. The van der Waals surface area contributed by atoms with Gasteiger partial charge in [-0.25, -0.2) is 0 Å². The van der Waals surface area contributed by atoms with Crippen molar-refractivity contribution in [3.05, 3.63) is 18.0 Å². The van der Waals surface area contributed by atoms with Crippen LogP contribution in [0, 0.1) is 5.92 Å². The van der Waals surface area contributed by atoms with Crippen molar-refractivity contribution in [2.45, 2.75) is 46.3 Å². The van der Waals surface area contributed by atoms with Crippen LogP contribution in [0.2, 0.25) is 0 Å². The predicted octanol–water partition coefficient (Wildman–Crippen LogP) is 1.85. The quantitative estimate of drug-likeness (QED) is 0.780. The highest BCUT2D eigenvalue weighted by atomic mass is 16.3. The highest BCUT2D eigenvalue weighted by molar-refractivity contribution is 5.05. The summed E-state index contributed by atoms with van der Waals surface area (Å²) in [6, 6.07) is 0. The second-order valence-corrected chi connectivity index (χ2v) is 4.19. The molecule has 0 bridgehead atoms. The Morgan fingerprint density at radius 2 is 2.21 bits per heavy atom. The average Bonchev–Trinajstić information content (AvgIpc) is 2.50. The Labute approximate surface area is 85.8 Å². The lowest BCUT2D eigenvalue weighted by Gasteiger charge is -2.11. The third-order valence-electron chi connectivity index (χ3n) is 2.23. The molecule has 0 aliphatic heterocycles. The number of aryl methyl sites for hydroxylation is 1. The van der Waals surface area contributed by atoms with Gasteiger partial charge in [-0.15, -0.1) is 0 Å². The molecule has 0 spiro atoms. The molecule has 1 aromatic heterocycles. The van der Waals surface area contributed by atoms with E-state index in [1.54, 1.807) is 0 Å². The Morgan fingerprint density at radius 1 is 1.50 bits per heavy atom. The van der Waals surface area contributed by atoms with Gasteiger partial charge in [0.25, 0.3) is 0 Å². The van der Waals surface area contributed by atoms with Crippen LogP contribution >= 0.6 is 0 Å². The molecular formula is C11H20N2O. The third-order valence-corrected chi connectivity index (χ3v) is 2.23. The second-order valence-electron chi connectivity index (χ2n) is 4.19. The molecule has 3 nitrogen and oxygen atoms in total. The van der Waals surface area contributed by atoms with Crippen LogP contribution in [-0.4, -0.2) is 21.0 Å². The zero-order chi connectivity index (χ0) is 10.6. The summed E-state index contributed by atoms with van der Waals surface area (Å²) in [6.07, 6.45) is 5.19. The van der Waals surface area contributed by atoms with Crippen molar-refractivity contribution in [1.29, 1.82) is 0 Å². The van der Waals surface area contributed by atoms with E-state index in [1.165, 1.54) is 0 Å². The first-order chi connectivity index (χ1) is 6.61. The van der Waals surface area contributed by atoms with Crippen molar-refractivity contribution in [2.24, 2.45) is 5.92 Å². The van der Waals surface area contributed by atoms with Crippen LogP contribution in [0.15, 0.2) is 12.4 Å². The van der Waals surface area contributed by atoms with Gasteiger partial charge in [0.15, 0.2) is 0 Å². The topological polar surface area (TPSA) is 38.0 Å². The summed E-state index contributed by atoms with van der Waals surface area (Å²) in [5.41, 5.74) is 1.13. The summed E-state index contributed by atoms with van der Waals surface area (Å²) in [5.74, 6) is 0.547. The fourth-order valence-electron chi connectivity index (χ4n) is 1.58. The number of rotatable bonds is 5. The fraction of sp³-hybridized carbons (Fsp3) is 0.727. The Kier molecular flexibility index (Phi) is 4.14. The number of hydrogen-bond donors (Lipinski definition) is 1. The molecule has 1 aromatic rings. The Hall–Kier alpha value is -0.830. The van der Waals surface area contributed by atoms with Gasteiger partial charge >= 0.3 is 0 Å². The van der Waals surface area contributed by atoms with Crippen molar-refractivity contribution >= 4 is 0 Å². The van der Waals surface area contributed by atoms with Gasteiger partial charge in [-0.1, -0.05) is 13.8 Å². The average molecular weight is 196 g/mol. The van der Waals surface area contributed by atoms with Crippen LogP contribution in [0.1, 0.15) is 32.8 Å². The lowest BCUT2D eigenvalue weighted by atomic mass is 10.0. The monoisotopic (exact) mass is 196 g/mol. The molecule has 0 saturated heterocycles. The molecule has 1 rings (SSSR count). The first kappa shape index (κ1) is 11.2. The Balaban J connectivity index is 2.43. The maximum Gasteiger partial charge on any atom is 0.0584 e. The van der Waals surface area contributed by atoms with E-state index in [0.29, 0.717) is 5.92 Å². The minimum atomic E-state index is -0.232. The summed E-state index contributed by atoms with van der Waals surface area (Å²) < 4.78 is 1.89. The molecule has 1 N–H and O–H groups in total. The van der Waals surface area contributed by atoms with Gasteiger partial charge in [0.2, 0.25) is 0 Å². The van der Waals surface area contributed by atoms with E-state index in [0.717, 1.165) is 24.9 Å². The van der Waals surface area contributed by atoms with E-state index >= 15 is 0 Å². The van der Waals surface area contributed by atoms with Gasteiger partial charge in [-0.2, -0.15) is 5.10 Å². The molecule has 1 heterocycles. The van der Waals surface area contributed by atoms with Crippen LogP contribution in [0.4, 0.5) is 0 Å². The molecule has 0 saturated carbocycles. The van der Waals surface area contributed by atoms with E-state index in [1.807, 2.05) is 17.1 Å². The number of aliphatic hydroxyl groups is 1. The Morgan fingerprint density at radius 3 is 2.71 bits per heavy atom. The van der Waals surface area contributed by atoms with Crippen LogP contribution in [0.25, 0.3) is 0 Å². The predicted molar refractivity (Wildman–Crippen MR) is 57.1 cm³/mol. The number of aromatic nitrogens is 2. The fourth-order valence-corrected chi connectivity index (χ4v) is 1.58. The summed E-state index contributed by atoms with van der Waals surface area (Å²) >= 11 is 0. The second kappa shape index (κ2) is 5.15. The summed E-state index contributed by atoms with van der Waals surface area (Å²) in [7, 11) is 0. The molecule has 14 heavy (non-hydrogen) atoms. The molecule has 0 aliphatic carbocycles. The van der Waals surface area contributed by atoms with Crippen molar-refractivity contribution < 1.29 is 5.11 Å². The maximum absolute atomic E-state index is 9.72. The summed E-state index contributed by atoms with van der Waals surface area (Å²) in [5, 5.41) is 13.9. The molecule has 3 heteroatoms. The number of hydrogen-bond acceptors (Lipinski definition) is 2. The zero-order valence-corrected chi connectivity index (χ0v) is 9.27. The van der Waals surface area contributed by atoms with Gasteiger partial charge in [-0.05, 0) is 24.8 Å². The van der Waals surface area contributed by atoms with Gasteiger partial charge in [0.05, 0.1) is 12.3 Å². The lowest BCUT2D eigenvalue weighted by molar-refractivity contribution is 0.149. The third kappa shape index (κ3) is 3.50. The SMILES string of the molecule is CCn1cc(CC(O)CC(C)C)cn1. The number of aliphatic hydroxyl groups excluding tert-OH is 1. The molecule has 80 valence electrons. The van der Waals surface area contributed by atoms with E-state index in [4.69, 9.17) is 0 Å². The maximum atomic E-state index is 9.72. The van der Waals surface area contributed by atoms with Crippen LogP contribution in [0.3, 0.4) is 0 Å². The van der Waals surface area contributed by atoms with Crippen LogP contribution < -0.4 is 0 Å². The first-order valence-corrected chi connectivity index (χ1v) is 5.31.